The van der Waals surface area contributed by atoms with Gasteiger partial charge in [-0.2, -0.15) is 4.98 Å². The summed E-state index contributed by atoms with van der Waals surface area (Å²) in [5, 5.41) is 6.06. The summed E-state index contributed by atoms with van der Waals surface area (Å²) in [6.45, 7) is 8.35. The van der Waals surface area contributed by atoms with Crippen LogP contribution in [0.3, 0.4) is 0 Å². The lowest BCUT2D eigenvalue weighted by molar-refractivity contribution is 0.253. The van der Waals surface area contributed by atoms with Crippen molar-refractivity contribution in [2.24, 2.45) is 0 Å². The molecule has 1 saturated heterocycles. The quantitative estimate of drug-likeness (QED) is 0.341. The number of anilines is 5. The second-order valence-electron chi connectivity index (χ2n) is 10.7. The predicted octanol–water partition coefficient (Wildman–Crippen LogP) is 5.90. The highest BCUT2D eigenvalue weighted by atomic mass is 32.2. The molecule has 8 nitrogen and oxygen atoms in total. The van der Waals surface area contributed by atoms with Crippen molar-refractivity contribution < 1.29 is 17.2 Å². The molecular weight excluding hydrogens is 510 g/mol. The average Bonchev–Trinajstić information content (AvgIpc) is 2.81. The zero-order chi connectivity index (χ0) is 27.7. The molecule has 3 N–H and O–H groups in total. The molecule has 11 heteroatoms. The van der Waals surface area contributed by atoms with E-state index in [1.54, 1.807) is 33.9 Å². The molecule has 0 bridgehead atoms. The van der Waals surface area contributed by atoms with Crippen LogP contribution in [0.5, 0.6) is 0 Å². The van der Waals surface area contributed by atoms with E-state index in [2.05, 4.69) is 37.3 Å². The van der Waals surface area contributed by atoms with Crippen LogP contribution in [0, 0.1) is 18.6 Å². The Hall–Kier alpha value is -3.31. The number of hydrogen-bond donors (Lipinski definition) is 3. The molecule has 0 radical (unpaired) electrons. The van der Waals surface area contributed by atoms with Crippen LogP contribution in [-0.4, -0.2) is 48.2 Å². The van der Waals surface area contributed by atoms with E-state index in [4.69, 9.17) is 0 Å². The lowest BCUT2D eigenvalue weighted by atomic mass is 9.89. The Labute approximate surface area is 222 Å². The molecule has 0 unspecified atom stereocenters. The van der Waals surface area contributed by atoms with Gasteiger partial charge in [-0.3, -0.25) is 4.72 Å². The fraction of sp³-hybridized carbons (Fsp3) is 0.407. The number of likely N-dealkylation sites (tertiary alicyclic amines) is 1. The third kappa shape index (κ3) is 6.57. The molecule has 1 aromatic heterocycles. The molecule has 3 aromatic rings. The average molecular weight is 545 g/mol. The van der Waals surface area contributed by atoms with Gasteiger partial charge in [0.05, 0.1) is 10.4 Å². The summed E-state index contributed by atoms with van der Waals surface area (Å²) in [4.78, 5) is 11.0. The number of piperidine rings is 1. The van der Waals surface area contributed by atoms with Crippen molar-refractivity contribution in [1.82, 2.24) is 14.9 Å². The van der Waals surface area contributed by atoms with E-state index in [0.717, 1.165) is 37.6 Å². The summed E-state index contributed by atoms with van der Waals surface area (Å²) in [7, 11) is -1.66. The van der Waals surface area contributed by atoms with Crippen molar-refractivity contribution in [1.29, 1.82) is 0 Å². The minimum Gasteiger partial charge on any atom is -0.340 e. The largest absolute Gasteiger partial charge is 0.340 e. The van der Waals surface area contributed by atoms with E-state index in [1.165, 1.54) is 18.2 Å². The molecule has 1 aliphatic heterocycles. The second-order valence-corrected chi connectivity index (χ2v) is 13.2. The first-order valence-electron chi connectivity index (χ1n) is 12.5. The first kappa shape index (κ1) is 27.7. The molecule has 0 aliphatic carbocycles. The molecule has 1 aliphatic rings. The molecule has 2 heterocycles. The Morgan fingerprint density at radius 1 is 0.974 bits per heavy atom. The normalized spacial score (nSPS) is 15.3. The van der Waals surface area contributed by atoms with E-state index in [9.17, 15) is 17.2 Å². The van der Waals surface area contributed by atoms with Crippen LogP contribution < -0.4 is 15.4 Å². The van der Waals surface area contributed by atoms with Gasteiger partial charge in [-0.15, -0.1) is 0 Å². The highest BCUT2D eigenvalue weighted by molar-refractivity contribution is 7.94. The van der Waals surface area contributed by atoms with Gasteiger partial charge in [-0.05, 0) is 102 Å². The van der Waals surface area contributed by atoms with E-state index in [1.807, 2.05) is 12.1 Å². The van der Waals surface area contributed by atoms with Crippen LogP contribution in [0.2, 0.25) is 0 Å². The standard InChI is InChI=1S/C27H34F2N6O2S/c1-17-16-30-26(32-20-6-7-23(24(29)15-20)18-8-10-35(5)11-9-18)33-25(17)31-21-12-19(28)13-22(14-21)34-38(36,37)27(2,3)4/h6-7,12-16,18,34H,8-11H2,1-5H3,(H2,30,31,32,33). The van der Waals surface area contributed by atoms with Gasteiger partial charge in [0.15, 0.2) is 0 Å². The minimum absolute atomic E-state index is 0.0904. The Bertz CT molecular complexity index is 1420. The van der Waals surface area contributed by atoms with Crippen LogP contribution in [-0.2, 0) is 10.0 Å². The van der Waals surface area contributed by atoms with Gasteiger partial charge in [0.25, 0.3) is 0 Å². The molecule has 4 rings (SSSR count). The van der Waals surface area contributed by atoms with Gasteiger partial charge < -0.3 is 15.5 Å². The third-order valence-electron chi connectivity index (χ3n) is 6.61. The second kappa shape index (κ2) is 10.8. The third-order valence-corrected chi connectivity index (χ3v) is 8.72. The van der Waals surface area contributed by atoms with E-state index < -0.39 is 20.6 Å². The number of aromatic nitrogens is 2. The monoisotopic (exact) mass is 544 g/mol. The molecule has 1 fully saturated rings. The van der Waals surface area contributed by atoms with Crippen molar-refractivity contribution in [2.75, 3.05) is 35.5 Å². The van der Waals surface area contributed by atoms with Gasteiger partial charge in [0, 0.05) is 23.1 Å². The van der Waals surface area contributed by atoms with Crippen molar-refractivity contribution in [3.8, 4) is 0 Å². The van der Waals surface area contributed by atoms with E-state index in [0.29, 0.717) is 22.8 Å². The lowest BCUT2D eigenvalue weighted by Gasteiger charge is -2.29. The van der Waals surface area contributed by atoms with E-state index >= 15 is 0 Å². The number of sulfonamides is 1. The maximum Gasteiger partial charge on any atom is 0.237 e. The van der Waals surface area contributed by atoms with Gasteiger partial charge in [0.2, 0.25) is 16.0 Å². The molecule has 0 saturated carbocycles. The maximum atomic E-state index is 14.9. The lowest BCUT2D eigenvalue weighted by Crippen LogP contribution is -2.33. The topological polar surface area (TPSA) is 99.2 Å². The summed E-state index contributed by atoms with van der Waals surface area (Å²) in [5.74, 6) is -0.0571. The zero-order valence-corrected chi connectivity index (χ0v) is 23.1. The summed E-state index contributed by atoms with van der Waals surface area (Å²) in [5.41, 5.74) is 2.31. The SMILES string of the molecule is Cc1cnc(Nc2ccc(C3CCN(C)CC3)c(F)c2)nc1Nc1cc(F)cc(NS(=O)(=O)C(C)(C)C)c1. The van der Waals surface area contributed by atoms with Crippen molar-refractivity contribution in [3.63, 3.8) is 0 Å². The van der Waals surface area contributed by atoms with Crippen LogP contribution in [0.15, 0.2) is 42.6 Å². The van der Waals surface area contributed by atoms with Crippen molar-refractivity contribution in [3.05, 3.63) is 65.4 Å². The Balaban J connectivity index is 1.51. The first-order valence-corrected chi connectivity index (χ1v) is 14.0. The van der Waals surface area contributed by atoms with Crippen LogP contribution in [0.1, 0.15) is 50.7 Å². The maximum absolute atomic E-state index is 14.9. The molecule has 0 amide bonds. The summed E-state index contributed by atoms with van der Waals surface area (Å²) < 4.78 is 55.7. The number of nitrogens with zero attached hydrogens (tertiary/aromatic N) is 3. The number of hydrogen-bond acceptors (Lipinski definition) is 7. The zero-order valence-electron chi connectivity index (χ0n) is 22.3. The number of rotatable bonds is 7. The van der Waals surface area contributed by atoms with Gasteiger partial charge in [0.1, 0.15) is 17.5 Å². The van der Waals surface area contributed by atoms with Crippen molar-refractivity contribution in [2.45, 2.75) is 51.2 Å². The van der Waals surface area contributed by atoms with Crippen LogP contribution in [0.4, 0.5) is 37.6 Å². The van der Waals surface area contributed by atoms with E-state index in [-0.39, 0.29) is 23.4 Å². The Morgan fingerprint density at radius 3 is 2.32 bits per heavy atom. The minimum atomic E-state index is -3.74. The summed E-state index contributed by atoms with van der Waals surface area (Å²) in [6, 6.07) is 8.90. The molecular formula is C27H34F2N6O2S. The molecule has 38 heavy (non-hydrogen) atoms. The number of aryl methyl sites for hydroxylation is 1. The Morgan fingerprint density at radius 2 is 1.66 bits per heavy atom. The smallest absolute Gasteiger partial charge is 0.237 e. The van der Waals surface area contributed by atoms with Gasteiger partial charge in [-0.1, -0.05) is 6.07 Å². The number of halogens is 2. The predicted molar refractivity (Wildman–Crippen MR) is 148 cm³/mol. The van der Waals surface area contributed by atoms with Gasteiger partial charge >= 0.3 is 0 Å². The Kier molecular flexibility index (Phi) is 7.89. The summed E-state index contributed by atoms with van der Waals surface area (Å²) in [6.07, 6.45) is 3.44. The number of nitrogens with one attached hydrogen (secondary N) is 3. The van der Waals surface area contributed by atoms with Crippen LogP contribution in [0.25, 0.3) is 0 Å². The van der Waals surface area contributed by atoms with Crippen LogP contribution >= 0.6 is 0 Å². The molecule has 2 aromatic carbocycles. The van der Waals surface area contributed by atoms with Crippen molar-refractivity contribution >= 4 is 38.9 Å². The first-order chi connectivity index (χ1) is 17.8. The highest BCUT2D eigenvalue weighted by Gasteiger charge is 2.29. The molecule has 0 atom stereocenters. The highest BCUT2D eigenvalue weighted by Crippen LogP contribution is 2.31. The fourth-order valence-electron chi connectivity index (χ4n) is 4.18. The summed E-state index contributed by atoms with van der Waals surface area (Å²) >= 11 is 0. The van der Waals surface area contributed by atoms with Gasteiger partial charge in [-0.25, -0.2) is 22.2 Å². The number of benzene rings is 2. The molecule has 204 valence electrons. The fourth-order valence-corrected chi connectivity index (χ4v) is 4.91. The molecule has 0 spiro atoms.